The van der Waals surface area contributed by atoms with Gasteiger partial charge >= 0.3 is 0 Å². The van der Waals surface area contributed by atoms with Crippen LogP contribution in [0.25, 0.3) is 0 Å². The second kappa shape index (κ2) is 5.10. The van der Waals surface area contributed by atoms with Crippen molar-refractivity contribution in [1.82, 2.24) is 9.97 Å². The summed E-state index contributed by atoms with van der Waals surface area (Å²) in [6.45, 7) is 2.05. The van der Waals surface area contributed by atoms with E-state index in [-0.39, 0.29) is 0 Å². The van der Waals surface area contributed by atoms with Crippen molar-refractivity contribution in [1.29, 1.82) is 5.26 Å². The normalized spacial score (nSPS) is 9.71. The summed E-state index contributed by atoms with van der Waals surface area (Å²) in [7, 11) is 0. The molecule has 0 unspecified atom stereocenters. The molecule has 0 radical (unpaired) electrons. The van der Waals surface area contributed by atoms with Crippen LogP contribution in [0.5, 0.6) is 0 Å². The summed E-state index contributed by atoms with van der Waals surface area (Å²) in [4.78, 5) is 8.11. The standard InChI is InChI=1S/C12H9IN4/c1-8-2-3-9(6-11(8)13)16-12-15-5-4-10(7-14)17-12/h2-6H,1H3,(H,15,16,17). The number of hydrogen-bond acceptors (Lipinski definition) is 4. The van der Waals surface area contributed by atoms with Gasteiger partial charge in [-0.3, -0.25) is 0 Å². The minimum absolute atomic E-state index is 0.351. The molecule has 1 aromatic heterocycles. The fourth-order valence-electron chi connectivity index (χ4n) is 1.28. The lowest BCUT2D eigenvalue weighted by atomic mass is 10.2. The summed E-state index contributed by atoms with van der Waals surface area (Å²) < 4.78 is 1.17. The zero-order valence-electron chi connectivity index (χ0n) is 9.11. The van der Waals surface area contributed by atoms with Crippen LogP contribution in [0.1, 0.15) is 11.3 Å². The molecular formula is C12H9IN4. The Morgan fingerprint density at radius 1 is 1.35 bits per heavy atom. The highest BCUT2D eigenvalue weighted by atomic mass is 127. The Morgan fingerprint density at radius 3 is 2.88 bits per heavy atom. The maximum absolute atomic E-state index is 8.74. The van der Waals surface area contributed by atoms with E-state index in [0.29, 0.717) is 11.6 Å². The maximum Gasteiger partial charge on any atom is 0.228 e. The van der Waals surface area contributed by atoms with E-state index in [4.69, 9.17) is 5.26 Å². The molecule has 17 heavy (non-hydrogen) atoms. The lowest BCUT2D eigenvalue weighted by Gasteiger charge is -2.06. The van der Waals surface area contributed by atoms with E-state index in [1.807, 2.05) is 24.3 Å². The van der Waals surface area contributed by atoms with E-state index in [1.54, 1.807) is 12.3 Å². The number of nitrogens with zero attached hydrogens (tertiary/aromatic N) is 3. The van der Waals surface area contributed by atoms with Crippen molar-refractivity contribution in [2.45, 2.75) is 6.92 Å². The number of hydrogen-bond donors (Lipinski definition) is 1. The van der Waals surface area contributed by atoms with Gasteiger partial charge in [-0.05, 0) is 53.3 Å². The summed E-state index contributed by atoms with van der Waals surface area (Å²) in [5, 5.41) is 11.8. The van der Waals surface area contributed by atoms with Crippen molar-refractivity contribution in [3.8, 4) is 6.07 Å². The van der Waals surface area contributed by atoms with E-state index >= 15 is 0 Å². The van der Waals surface area contributed by atoms with Gasteiger partial charge in [0.2, 0.25) is 5.95 Å². The molecule has 4 nitrogen and oxygen atoms in total. The van der Waals surface area contributed by atoms with Crippen LogP contribution in [0.3, 0.4) is 0 Å². The highest BCUT2D eigenvalue weighted by molar-refractivity contribution is 14.1. The Bertz CT molecular complexity index is 589. The fraction of sp³-hybridized carbons (Fsp3) is 0.0833. The molecule has 1 heterocycles. The lowest BCUT2D eigenvalue weighted by Crippen LogP contribution is -1.98. The minimum atomic E-state index is 0.351. The Labute approximate surface area is 113 Å². The van der Waals surface area contributed by atoms with Crippen molar-refractivity contribution < 1.29 is 0 Å². The van der Waals surface area contributed by atoms with Crippen molar-refractivity contribution in [3.05, 3.63) is 45.3 Å². The van der Waals surface area contributed by atoms with Crippen LogP contribution in [0.4, 0.5) is 11.6 Å². The Morgan fingerprint density at radius 2 is 2.18 bits per heavy atom. The third kappa shape index (κ3) is 2.91. The van der Waals surface area contributed by atoms with Gasteiger partial charge in [-0.25, -0.2) is 9.97 Å². The summed E-state index contributed by atoms with van der Waals surface area (Å²) in [6.07, 6.45) is 1.56. The molecule has 0 atom stereocenters. The number of rotatable bonds is 2. The highest BCUT2D eigenvalue weighted by Gasteiger charge is 2.01. The summed E-state index contributed by atoms with van der Waals surface area (Å²) in [5.41, 5.74) is 2.49. The van der Waals surface area contributed by atoms with Crippen LogP contribution in [0, 0.1) is 21.8 Å². The van der Waals surface area contributed by atoms with Crippen LogP contribution in [0.15, 0.2) is 30.5 Å². The molecule has 2 aromatic rings. The Hall–Kier alpha value is -1.68. The van der Waals surface area contributed by atoms with Gasteiger partial charge in [-0.2, -0.15) is 5.26 Å². The third-order valence-corrected chi connectivity index (χ3v) is 3.36. The highest BCUT2D eigenvalue weighted by Crippen LogP contribution is 2.19. The van der Waals surface area contributed by atoms with E-state index in [1.165, 1.54) is 9.13 Å². The van der Waals surface area contributed by atoms with Crippen molar-refractivity contribution in [2.75, 3.05) is 5.32 Å². The molecule has 84 valence electrons. The van der Waals surface area contributed by atoms with Gasteiger partial charge in [0.1, 0.15) is 11.8 Å². The van der Waals surface area contributed by atoms with Gasteiger partial charge in [-0.1, -0.05) is 6.07 Å². The van der Waals surface area contributed by atoms with Crippen LogP contribution in [-0.2, 0) is 0 Å². The second-order valence-corrected chi connectivity index (χ2v) is 4.63. The van der Waals surface area contributed by atoms with E-state index in [9.17, 15) is 0 Å². The second-order valence-electron chi connectivity index (χ2n) is 3.47. The largest absolute Gasteiger partial charge is 0.324 e. The molecule has 0 saturated carbocycles. The monoisotopic (exact) mass is 336 g/mol. The van der Waals surface area contributed by atoms with Gasteiger partial charge in [0.15, 0.2) is 0 Å². The van der Waals surface area contributed by atoms with E-state index in [0.717, 1.165) is 5.69 Å². The summed E-state index contributed by atoms with van der Waals surface area (Å²) in [6, 6.07) is 9.55. The van der Waals surface area contributed by atoms with Crippen LogP contribution < -0.4 is 5.32 Å². The van der Waals surface area contributed by atoms with Crippen molar-refractivity contribution in [3.63, 3.8) is 0 Å². The summed E-state index contributed by atoms with van der Waals surface area (Å²) >= 11 is 2.27. The first-order valence-corrected chi connectivity index (χ1v) is 6.03. The minimum Gasteiger partial charge on any atom is -0.324 e. The smallest absolute Gasteiger partial charge is 0.228 e. The number of halogens is 1. The van der Waals surface area contributed by atoms with Crippen molar-refractivity contribution >= 4 is 34.2 Å². The molecule has 1 N–H and O–H groups in total. The molecule has 0 amide bonds. The maximum atomic E-state index is 8.74. The number of aryl methyl sites for hydroxylation is 1. The van der Waals surface area contributed by atoms with E-state index in [2.05, 4.69) is 44.8 Å². The van der Waals surface area contributed by atoms with Gasteiger partial charge in [0, 0.05) is 15.5 Å². The van der Waals surface area contributed by atoms with Gasteiger partial charge in [-0.15, -0.1) is 0 Å². The predicted octanol–water partition coefficient (Wildman–Crippen LogP) is 3.00. The molecule has 1 aromatic carbocycles. The zero-order chi connectivity index (χ0) is 12.3. The van der Waals surface area contributed by atoms with Gasteiger partial charge in [0.25, 0.3) is 0 Å². The number of nitrogens with one attached hydrogen (secondary N) is 1. The molecule has 0 saturated heterocycles. The number of anilines is 2. The molecular weight excluding hydrogens is 327 g/mol. The molecule has 0 aliphatic carbocycles. The summed E-state index contributed by atoms with van der Waals surface area (Å²) in [5.74, 6) is 0.434. The van der Waals surface area contributed by atoms with Crippen molar-refractivity contribution in [2.24, 2.45) is 0 Å². The third-order valence-electron chi connectivity index (χ3n) is 2.20. The van der Waals surface area contributed by atoms with Crippen LogP contribution in [0.2, 0.25) is 0 Å². The van der Waals surface area contributed by atoms with E-state index < -0.39 is 0 Å². The Balaban J connectivity index is 2.25. The number of nitriles is 1. The first-order valence-electron chi connectivity index (χ1n) is 4.95. The van der Waals surface area contributed by atoms with Gasteiger partial charge < -0.3 is 5.32 Å². The molecule has 0 fully saturated rings. The molecule has 5 heteroatoms. The quantitative estimate of drug-likeness (QED) is 0.857. The zero-order valence-corrected chi connectivity index (χ0v) is 11.3. The predicted molar refractivity (Wildman–Crippen MR) is 73.9 cm³/mol. The lowest BCUT2D eigenvalue weighted by molar-refractivity contribution is 1.14. The van der Waals surface area contributed by atoms with Crippen LogP contribution in [-0.4, -0.2) is 9.97 Å². The fourth-order valence-corrected chi connectivity index (χ4v) is 1.80. The SMILES string of the molecule is Cc1ccc(Nc2nccc(C#N)n2)cc1I. The Kier molecular flexibility index (Phi) is 3.54. The molecule has 0 spiro atoms. The van der Waals surface area contributed by atoms with Crippen LogP contribution >= 0.6 is 22.6 Å². The molecule has 2 rings (SSSR count). The average Bonchev–Trinajstić information content (AvgIpc) is 2.34. The average molecular weight is 336 g/mol. The molecule has 0 aliphatic heterocycles. The topological polar surface area (TPSA) is 61.6 Å². The molecule has 0 aliphatic rings. The first kappa shape index (κ1) is 11.8. The molecule has 0 bridgehead atoms. The number of aromatic nitrogens is 2. The number of benzene rings is 1. The first-order chi connectivity index (χ1) is 8.19. The van der Waals surface area contributed by atoms with Gasteiger partial charge in [0.05, 0.1) is 0 Å².